The Hall–Kier alpha value is -3.41. The average Bonchev–Trinajstić information content (AvgIpc) is 3.39. The highest BCUT2D eigenvalue weighted by molar-refractivity contribution is 5.71. The quantitative estimate of drug-likeness (QED) is 0.0261. The van der Waals surface area contributed by atoms with Crippen molar-refractivity contribution >= 4 is 17.9 Å². The number of rotatable bonds is 56. The molecule has 0 N–H and O–H groups in total. The van der Waals surface area contributed by atoms with Gasteiger partial charge in [0.2, 0.25) is 0 Å². The number of allylic oxidation sites excluding steroid dienone is 14. The van der Waals surface area contributed by atoms with Gasteiger partial charge in [-0.05, 0) is 83.5 Å². The lowest BCUT2D eigenvalue weighted by Crippen LogP contribution is -2.30. The van der Waals surface area contributed by atoms with Crippen LogP contribution >= 0.6 is 0 Å². The first-order valence-electron chi connectivity index (χ1n) is 31.1. The predicted octanol–water partition coefficient (Wildman–Crippen LogP) is 21.1. The molecule has 0 aromatic carbocycles. The van der Waals surface area contributed by atoms with E-state index in [9.17, 15) is 14.4 Å². The van der Waals surface area contributed by atoms with Gasteiger partial charge in [0.05, 0.1) is 0 Å². The molecule has 0 aromatic rings. The number of esters is 3. The Bertz CT molecular complexity index is 1400. The van der Waals surface area contributed by atoms with E-state index in [2.05, 4.69) is 99.8 Å². The van der Waals surface area contributed by atoms with Crippen molar-refractivity contribution in [2.75, 3.05) is 13.2 Å². The molecule has 6 nitrogen and oxygen atoms in total. The van der Waals surface area contributed by atoms with Crippen molar-refractivity contribution in [3.63, 3.8) is 0 Å². The molecule has 0 unspecified atom stereocenters. The molecule has 0 amide bonds. The van der Waals surface area contributed by atoms with Crippen molar-refractivity contribution in [3.8, 4) is 0 Å². The summed E-state index contributed by atoms with van der Waals surface area (Å²) in [5.41, 5.74) is 0. The van der Waals surface area contributed by atoms with Gasteiger partial charge in [-0.15, -0.1) is 0 Å². The average molecular weight is 1020 g/mol. The summed E-state index contributed by atoms with van der Waals surface area (Å²) in [6, 6.07) is 0. The third-order valence-corrected chi connectivity index (χ3v) is 13.4. The van der Waals surface area contributed by atoms with Gasteiger partial charge in [0, 0.05) is 19.3 Å². The zero-order valence-corrected chi connectivity index (χ0v) is 48.1. The van der Waals surface area contributed by atoms with Crippen LogP contribution in [0.1, 0.15) is 303 Å². The third-order valence-electron chi connectivity index (χ3n) is 13.4. The molecule has 0 saturated heterocycles. The number of carbonyl (C=O) groups excluding carboxylic acids is 3. The second kappa shape index (κ2) is 61.1. The van der Waals surface area contributed by atoms with Crippen molar-refractivity contribution in [2.24, 2.45) is 0 Å². The van der Waals surface area contributed by atoms with E-state index in [4.69, 9.17) is 14.2 Å². The van der Waals surface area contributed by atoms with Gasteiger partial charge in [0.25, 0.3) is 0 Å². The van der Waals surface area contributed by atoms with Crippen LogP contribution in [0.25, 0.3) is 0 Å². The van der Waals surface area contributed by atoms with Gasteiger partial charge in [-0.1, -0.05) is 286 Å². The maximum Gasteiger partial charge on any atom is 0.306 e. The molecule has 0 aliphatic carbocycles. The maximum atomic E-state index is 12.9. The minimum Gasteiger partial charge on any atom is -0.462 e. The lowest BCUT2D eigenvalue weighted by Gasteiger charge is -2.18. The first kappa shape index (κ1) is 69.6. The van der Waals surface area contributed by atoms with Crippen molar-refractivity contribution in [1.29, 1.82) is 0 Å². The number of ether oxygens (including phenoxy) is 3. The van der Waals surface area contributed by atoms with E-state index in [1.165, 1.54) is 180 Å². The van der Waals surface area contributed by atoms with Crippen molar-refractivity contribution in [2.45, 2.75) is 309 Å². The second-order valence-electron chi connectivity index (χ2n) is 20.6. The van der Waals surface area contributed by atoms with E-state index in [-0.39, 0.29) is 37.5 Å². The summed E-state index contributed by atoms with van der Waals surface area (Å²) in [6.45, 7) is 6.49. The minimum atomic E-state index is -0.808. The van der Waals surface area contributed by atoms with Gasteiger partial charge >= 0.3 is 17.9 Å². The summed E-state index contributed by atoms with van der Waals surface area (Å²) in [7, 11) is 0. The van der Waals surface area contributed by atoms with Gasteiger partial charge in [-0.3, -0.25) is 14.4 Å². The molecule has 0 heterocycles. The fraction of sp³-hybridized carbons (Fsp3) is 0.746. The van der Waals surface area contributed by atoms with Gasteiger partial charge < -0.3 is 14.2 Å². The van der Waals surface area contributed by atoms with Crippen LogP contribution in [-0.2, 0) is 28.6 Å². The highest BCUT2D eigenvalue weighted by Gasteiger charge is 2.19. The Kier molecular flexibility index (Phi) is 58.3. The monoisotopic (exact) mass is 1020 g/mol. The molecule has 0 saturated carbocycles. The zero-order valence-electron chi connectivity index (χ0n) is 48.1. The highest BCUT2D eigenvalue weighted by Crippen LogP contribution is 2.16. The predicted molar refractivity (Wildman–Crippen MR) is 316 cm³/mol. The molecule has 0 spiro atoms. The number of carbonyl (C=O) groups is 3. The SMILES string of the molecule is CC/C=C\C/C=C\C/C=C\C/C=C\C/C=C\C/C=C\CCC(=O)OC[C@@H](COC(=O)CCCCCCCCCCCCCCCCCCC)OC(=O)CCCCCCCCCCC/C=C\CCCCCCCC. The molecular formula is C67H116O6. The van der Waals surface area contributed by atoms with Crippen LogP contribution in [0.3, 0.4) is 0 Å². The molecule has 1 atom stereocenters. The normalized spacial score (nSPS) is 12.6. The molecule has 0 rings (SSSR count). The fourth-order valence-corrected chi connectivity index (χ4v) is 8.76. The number of unbranched alkanes of at least 4 members (excludes halogenated alkanes) is 31. The van der Waals surface area contributed by atoms with Crippen LogP contribution in [0, 0.1) is 0 Å². The van der Waals surface area contributed by atoms with E-state index in [0.29, 0.717) is 19.3 Å². The van der Waals surface area contributed by atoms with E-state index in [0.717, 1.165) is 77.0 Å². The van der Waals surface area contributed by atoms with Crippen LogP contribution in [0.2, 0.25) is 0 Å². The Labute approximate surface area is 452 Å². The highest BCUT2D eigenvalue weighted by atomic mass is 16.6. The van der Waals surface area contributed by atoms with E-state index in [1.54, 1.807) is 0 Å². The minimum absolute atomic E-state index is 0.0978. The molecule has 0 bridgehead atoms. The summed E-state index contributed by atoms with van der Waals surface area (Å²) in [6.07, 6.45) is 80.2. The van der Waals surface area contributed by atoms with E-state index in [1.807, 2.05) is 6.08 Å². The van der Waals surface area contributed by atoms with Gasteiger partial charge in [0.1, 0.15) is 13.2 Å². The molecular weight excluding hydrogens is 901 g/mol. The van der Waals surface area contributed by atoms with Crippen molar-refractivity contribution < 1.29 is 28.6 Å². The summed E-state index contributed by atoms with van der Waals surface area (Å²) in [5, 5.41) is 0. The molecule has 0 fully saturated rings. The third kappa shape index (κ3) is 59.3. The summed E-state index contributed by atoms with van der Waals surface area (Å²) in [5.74, 6) is -0.975. The number of hydrogen-bond donors (Lipinski definition) is 0. The fourth-order valence-electron chi connectivity index (χ4n) is 8.76. The van der Waals surface area contributed by atoms with Crippen LogP contribution in [0.15, 0.2) is 85.1 Å². The molecule has 0 radical (unpaired) electrons. The molecule has 0 aromatic heterocycles. The lowest BCUT2D eigenvalue weighted by atomic mass is 10.0. The van der Waals surface area contributed by atoms with Gasteiger partial charge in [-0.25, -0.2) is 0 Å². The molecule has 6 heteroatoms. The van der Waals surface area contributed by atoms with Gasteiger partial charge in [0.15, 0.2) is 6.10 Å². The lowest BCUT2D eigenvalue weighted by molar-refractivity contribution is -0.166. The smallest absolute Gasteiger partial charge is 0.306 e. The van der Waals surface area contributed by atoms with Crippen LogP contribution in [-0.4, -0.2) is 37.2 Å². The van der Waals surface area contributed by atoms with Crippen molar-refractivity contribution in [3.05, 3.63) is 85.1 Å². The van der Waals surface area contributed by atoms with Crippen LogP contribution < -0.4 is 0 Å². The largest absolute Gasteiger partial charge is 0.462 e. The maximum absolute atomic E-state index is 12.9. The second-order valence-corrected chi connectivity index (χ2v) is 20.6. The Morgan fingerprint density at radius 1 is 0.288 bits per heavy atom. The summed E-state index contributed by atoms with van der Waals surface area (Å²) in [4.78, 5) is 38.3. The van der Waals surface area contributed by atoms with Gasteiger partial charge in [-0.2, -0.15) is 0 Å². The Balaban J connectivity index is 4.47. The standard InChI is InChI=1S/C67H116O6/c1-4-7-10-13-16-19-22-25-28-31-33-36-39-42-45-48-51-54-57-60-66(69)72-63-64(62-71-65(68)59-56-53-50-47-44-41-38-35-30-27-24-21-18-15-12-9-6-3)73-67(70)61-58-55-52-49-46-43-40-37-34-32-29-26-23-20-17-14-11-8-5-2/h7,10,16,19,25-26,28-29,33,36,42,45,51,54,64H,4-6,8-9,11-15,17-18,20-24,27,30-32,34-35,37-41,43-44,46-50,52-53,55-63H2,1-3H3/b10-7-,19-16-,28-25-,29-26-,36-33-,45-42-,54-51-/t64-/m1/s1. The summed E-state index contributed by atoms with van der Waals surface area (Å²) < 4.78 is 16.9. The first-order valence-corrected chi connectivity index (χ1v) is 31.1. The molecule has 73 heavy (non-hydrogen) atoms. The van der Waals surface area contributed by atoms with Crippen LogP contribution in [0.4, 0.5) is 0 Å². The Morgan fingerprint density at radius 3 is 0.918 bits per heavy atom. The first-order chi connectivity index (χ1) is 36.0. The Morgan fingerprint density at radius 2 is 0.562 bits per heavy atom. The molecule has 0 aliphatic heterocycles. The van der Waals surface area contributed by atoms with Crippen LogP contribution in [0.5, 0.6) is 0 Å². The molecule has 420 valence electrons. The molecule has 0 aliphatic rings. The summed E-state index contributed by atoms with van der Waals surface area (Å²) >= 11 is 0. The van der Waals surface area contributed by atoms with E-state index >= 15 is 0 Å². The van der Waals surface area contributed by atoms with E-state index < -0.39 is 6.10 Å². The number of hydrogen-bond acceptors (Lipinski definition) is 6. The topological polar surface area (TPSA) is 78.9 Å². The van der Waals surface area contributed by atoms with Crippen molar-refractivity contribution in [1.82, 2.24) is 0 Å². The zero-order chi connectivity index (χ0) is 52.9.